The lowest BCUT2D eigenvalue weighted by atomic mass is 9.93. The molecule has 1 aromatic rings. The molecule has 3 heteroatoms. The summed E-state index contributed by atoms with van der Waals surface area (Å²) >= 11 is 0. The first-order chi connectivity index (χ1) is 9.13. The summed E-state index contributed by atoms with van der Waals surface area (Å²) in [6.45, 7) is 4.46. The van der Waals surface area contributed by atoms with Gasteiger partial charge in [0.1, 0.15) is 5.82 Å². The van der Waals surface area contributed by atoms with Gasteiger partial charge in [-0.15, -0.1) is 0 Å². The molecule has 0 heterocycles. The van der Waals surface area contributed by atoms with Crippen molar-refractivity contribution in [2.75, 3.05) is 11.4 Å². The van der Waals surface area contributed by atoms with Gasteiger partial charge in [-0.3, -0.25) is 4.79 Å². The molecular formula is C16H22FNO. The number of Topliss-reactive ketones (excluding diaryl/α,β-unsaturated/α-hetero) is 1. The van der Waals surface area contributed by atoms with E-state index >= 15 is 0 Å². The minimum absolute atomic E-state index is 0.0660. The maximum atomic E-state index is 13.3. The quantitative estimate of drug-likeness (QED) is 0.759. The van der Waals surface area contributed by atoms with Gasteiger partial charge < -0.3 is 4.90 Å². The minimum Gasteiger partial charge on any atom is -0.368 e. The molecule has 1 aliphatic carbocycles. The van der Waals surface area contributed by atoms with Gasteiger partial charge in [-0.2, -0.15) is 0 Å². The Balaban J connectivity index is 2.34. The third kappa shape index (κ3) is 3.14. The van der Waals surface area contributed by atoms with Crippen molar-refractivity contribution in [2.24, 2.45) is 0 Å². The van der Waals surface area contributed by atoms with Gasteiger partial charge in [-0.05, 0) is 44.9 Å². The van der Waals surface area contributed by atoms with Crippen LogP contribution in [0.5, 0.6) is 0 Å². The van der Waals surface area contributed by atoms with Crippen LogP contribution in [0.15, 0.2) is 18.2 Å². The number of hydrogen-bond acceptors (Lipinski definition) is 2. The summed E-state index contributed by atoms with van der Waals surface area (Å²) < 4.78 is 13.3. The number of carbonyl (C=O) groups is 1. The number of hydrogen-bond donors (Lipinski definition) is 0. The van der Waals surface area contributed by atoms with Crippen LogP contribution in [-0.2, 0) is 0 Å². The van der Waals surface area contributed by atoms with Crippen molar-refractivity contribution < 1.29 is 9.18 Å². The van der Waals surface area contributed by atoms with Gasteiger partial charge >= 0.3 is 0 Å². The van der Waals surface area contributed by atoms with Crippen molar-refractivity contribution in [1.29, 1.82) is 0 Å². The number of nitrogens with zero attached hydrogens (tertiary/aromatic N) is 1. The summed E-state index contributed by atoms with van der Waals surface area (Å²) in [7, 11) is 0. The van der Waals surface area contributed by atoms with E-state index in [2.05, 4.69) is 11.8 Å². The van der Waals surface area contributed by atoms with E-state index < -0.39 is 0 Å². The molecule has 1 aromatic carbocycles. The lowest BCUT2D eigenvalue weighted by molar-refractivity contribution is 0.101. The minimum atomic E-state index is -0.339. The van der Waals surface area contributed by atoms with E-state index in [0.29, 0.717) is 11.6 Å². The predicted molar refractivity (Wildman–Crippen MR) is 76.3 cm³/mol. The first kappa shape index (κ1) is 14.0. The highest BCUT2D eigenvalue weighted by Crippen LogP contribution is 2.30. The van der Waals surface area contributed by atoms with Crippen molar-refractivity contribution in [3.63, 3.8) is 0 Å². The standard InChI is InChI=1S/C16H22FNO/c1-3-18(14-7-5-4-6-8-14)16-10-9-13(17)11-15(16)12(2)19/h9-11,14H,3-8H2,1-2H3. The highest BCUT2D eigenvalue weighted by atomic mass is 19.1. The summed E-state index contributed by atoms with van der Waals surface area (Å²) in [6, 6.07) is 5.06. The Kier molecular flexibility index (Phi) is 4.56. The Morgan fingerprint density at radius 3 is 2.58 bits per heavy atom. The highest BCUT2D eigenvalue weighted by Gasteiger charge is 2.23. The largest absolute Gasteiger partial charge is 0.368 e. The zero-order chi connectivity index (χ0) is 13.8. The molecule has 0 atom stereocenters. The van der Waals surface area contributed by atoms with Crippen LogP contribution in [-0.4, -0.2) is 18.4 Å². The van der Waals surface area contributed by atoms with Crippen molar-refractivity contribution in [1.82, 2.24) is 0 Å². The zero-order valence-electron chi connectivity index (χ0n) is 11.8. The van der Waals surface area contributed by atoms with Gasteiger partial charge in [0.2, 0.25) is 0 Å². The molecule has 1 aliphatic rings. The van der Waals surface area contributed by atoms with Gasteiger partial charge in [0.05, 0.1) is 0 Å². The number of carbonyl (C=O) groups excluding carboxylic acids is 1. The number of ketones is 1. The van der Waals surface area contributed by atoms with Crippen molar-refractivity contribution in [2.45, 2.75) is 52.0 Å². The van der Waals surface area contributed by atoms with E-state index in [9.17, 15) is 9.18 Å². The molecule has 0 radical (unpaired) electrons. The van der Waals surface area contributed by atoms with Crippen LogP contribution in [0.25, 0.3) is 0 Å². The fourth-order valence-electron chi connectivity index (χ4n) is 3.06. The van der Waals surface area contributed by atoms with Crippen LogP contribution < -0.4 is 4.90 Å². The maximum absolute atomic E-state index is 13.3. The second kappa shape index (κ2) is 6.18. The van der Waals surface area contributed by atoms with Gasteiger partial charge in [0.25, 0.3) is 0 Å². The van der Waals surface area contributed by atoms with Crippen LogP contribution in [0.3, 0.4) is 0 Å². The van der Waals surface area contributed by atoms with Crippen LogP contribution in [0.2, 0.25) is 0 Å². The van der Waals surface area contributed by atoms with E-state index in [1.165, 1.54) is 51.2 Å². The topological polar surface area (TPSA) is 20.3 Å². The Morgan fingerprint density at radius 2 is 2.00 bits per heavy atom. The number of rotatable bonds is 4. The lowest BCUT2D eigenvalue weighted by Crippen LogP contribution is -2.37. The molecule has 1 fully saturated rings. The van der Waals surface area contributed by atoms with Crippen LogP contribution in [0.1, 0.15) is 56.3 Å². The second-order valence-electron chi connectivity index (χ2n) is 5.30. The molecule has 0 amide bonds. The summed E-state index contributed by atoms with van der Waals surface area (Å²) in [5, 5.41) is 0. The summed E-state index contributed by atoms with van der Waals surface area (Å²) in [4.78, 5) is 14.0. The Hall–Kier alpha value is -1.38. The molecule has 0 aliphatic heterocycles. The summed E-state index contributed by atoms with van der Waals surface area (Å²) in [5.74, 6) is -0.405. The first-order valence-electron chi connectivity index (χ1n) is 7.20. The normalized spacial score (nSPS) is 16.4. The molecule has 0 bridgehead atoms. The molecule has 0 spiro atoms. The van der Waals surface area contributed by atoms with Gasteiger partial charge in [0.15, 0.2) is 5.78 Å². The zero-order valence-corrected chi connectivity index (χ0v) is 11.8. The van der Waals surface area contributed by atoms with Gasteiger partial charge in [-0.1, -0.05) is 19.3 Å². The average molecular weight is 263 g/mol. The molecule has 0 aromatic heterocycles. The Bertz CT molecular complexity index is 452. The molecule has 19 heavy (non-hydrogen) atoms. The number of benzene rings is 1. The average Bonchev–Trinajstić information content (AvgIpc) is 2.42. The van der Waals surface area contributed by atoms with Crippen molar-refractivity contribution >= 4 is 11.5 Å². The maximum Gasteiger partial charge on any atom is 0.161 e. The van der Waals surface area contributed by atoms with Crippen molar-refractivity contribution in [3.05, 3.63) is 29.6 Å². The first-order valence-corrected chi connectivity index (χ1v) is 7.20. The molecule has 2 nitrogen and oxygen atoms in total. The molecule has 0 N–H and O–H groups in total. The molecule has 1 saturated carbocycles. The lowest BCUT2D eigenvalue weighted by Gasteiger charge is -2.36. The van der Waals surface area contributed by atoms with E-state index in [4.69, 9.17) is 0 Å². The summed E-state index contributed by atoms with van der Waals surface area (Å²) in [6.07, 6.45) is 6.14. The molecule has 0 unspecified atom stereocenters. The fraction of sp³-hybridized carbons (Fsp3) is 0.562. The number of anilines is 1. The summed E-state index contributed by atoms with van der Waals surface area (Å²) in [5.41, 5.74) is 1.40. The van der Waals surface area contributed by atoms with E-state index in [1.54, 1.807) is 6.07 Å². The SMILES string of the molecule is CCN(c1ccc(F)cc1C(C)=O)C1CCCCC1. The van der Waals surface area contributed by atoms with Crippen LogP contribution >= 0.6 is 0 Å². The van der Waals surface area contributed by atoms with Gasteiger partial charge in [-0.25, -0.2) is 4.39 Å². The van der Waals surface area contributed by atoms with E-state index in [1.807, 2.05) is 0 Å². The van der Waals surface area contributed by atoms with Crippen LogP contribution in [0.4, 0.5) is 10.1 Å². The predicted octanol–water partition coefficient (Wildman–Crippen LogP) is 4.19. The third-order valence-corrected chi connectivity index (χ3v) is 4.00. The molecule has 104 valence electrons. The smallest absolute Gasteiger partial charge is 0.161 e. The fourth-order valence-corrected chi connectivity index (χ4v) is 3.06. The number of halogens is 1. The van der Waals surface area contributed by atoms with E-state index in [0.717, 1.165) is 12.2 Å². The third-order valence-electron chi connectivity index (χ3n) is 4.00. The van der Waals surface area contributed by atoms with Gasteiger partial charge in [0, 0.05) is 23.8 Å². The molecule has 0 saturated heterocycles. The van der Waals surface area contributed by atoms with Crippen molar-refractivity contribution in [3.8, 4) is 0 Å². The Morgan fingerprint density at radius 1 is 1.32 bits per heavy atom. The highest BCUT2D eigenvalue weighted by molar-refractivity contribution is 5.99. The molecule has 2 rings (SSSR count). The van der Waals surface area contributed by atoms with Crippen LogP contribution in [0, 0.1) is 5.82 Å². The second-order valence-corrected chi connectivity index (χ2v) is 5.30. The van der Waals surface area contributed by atoms with E-state index in [-0.39, 0.29) is 11.6 Å². The monoisotopic (exact) mass is 263 g/mol. The molecular weight excluding hydrogens is 241 g/mol. The Labute approximate surface area is 114 Å².